The summed E-state index contributed by atoms with van der Waals surface area (Å²) in [6, 6.07) is 0. The third-order valence-electron chi connectivity index (χ3n) is 3.16. The Hall–Kier alpha value is -1.52. The second-order valence-electron chi connectivity index (χ2n) is 4.08. The van der Waals surface area contributed by atoms with Crippen molar-refractivity contribution >= 4 is 6.09 Å². The molecule has 1 aliphatic heterocycles. The number of piperidine rings is 1. The molecule has 0 aliphatic carbocycles. The van der Waals surface area contributed by atoms with E-state index in [-0.39, 0.29) is 0 Å². The molecular weight excluding hydrogens is 194 g/mol. The molecule has 0 aromatic carbocycles. The van der Waals surface area contributed by atoms with Gasteiger partial charge in [-0.15, -0.1) is 0 Å². The minimum Gasteiger partial charge on any atom is -0.465 e. The molecule has 1 aromatic rings. The molecule has 15 heavy (non-hydrogen) atoms. The van der Waals surface area contributed by atoms with Gasteiger partial charge >= 0.3 is 6.09 Å². The van der Waals surface area contributed by atoms with Crippen LogP contribution in [-0.4, -0.2) is 32.2 Å². The van der Waals surface area contributed by atoms with Gasteiger partial charge in [0.2, 0.25) is 0 Å². The van der Waals surface area contributed by atoms with E-state index in [1.165, 1.54) is 4.90 Å². The lowest BCUT2D eigenvalue weighted by Crippen LogP contribution is -2.53. The second kappa shape index (κ2) is 3.56. The normalized spacial score (nSPS) is 26.6. The molecule has 1 aliphatic rings. The Kier molecular flexibility index (Phi) is 2.38. The smallest absolute Gasteiger partial charge is 0.409 e. The molecule has 1 saturated heterocycles. The van der Waals surface area contributed by atoms with E-state index in [9.17, 15) is 4.79 Å². The van der Waals surface area contributed by atoms with Crippen molar-refractivity contribution in [3.8, 4) is 0 Å². The summed E-state index contributed by atoms with van der Waals surface area (Å²) >= 11 is 0. The van der Waals surface area contributed by atoms with Crippen molar-refractivity contribution in [2.45, 2.75) is 31.8 Å². The van der Waals surface area contributed by atoms with Crippen LogP contribution in [0, 0.1) is 0 Å². The van der Waals surface area contributed by atoms with Crippen molar-refractivity contribution in [2.75, 3.05) is 6.54 Å². The van der Waals surface area contributed by atoms with E-state index in [2.05, 4.69) is 4.98 Å². The Morgan fingerprint density at radius 1 is 1.53 bits per heavy atom. The Balaban J connectivity index is 2.34. The number of amides is 1. The lowest BCUT2D eigenvalue weighted by Gasteiger charge is -2.43. The summed E-state index contributed by atoms with van der Waals surface area (Å²) in [7, 11) is 0. The molecule has 1 N–H and O–H groups in total. The highest BCUT2D eigenvalue weighted by molar-refractivity contribution is 5.65. The number of carbonyl (C=O) groups is 1. The first-order valence-electron chi connectivity index (χ1n) is 5.13. The van der Waals surface area contributed by atoms with Crippen LogP contribution in [0.1, 0.15) is 26.2 Å². The molecule has 5 heteroatoms. The van der Waals surface area contributed by atoms with Gasteiger partial charge in [0, 0.05) is 18.9 Å². The Labute approximate surface area is 88.3 Å². The van der Waals surface area contributed by atoms with Crippen LogP contribution in [-0.2, 0) is 5.66 Å². The predicted octanol–water partition coefficient (Wildman–Crippen LogP) is 1.72. The SMILES string of the molecule is CC1(n2ccnc2)CCCCN1C(=O)O. The average molecular weight is 209 g/mol. The van der Waals surface area contributed by atoms with Crippen LogP contribution in [0.4, 0.5) is 4.79 Å². The molecule has 2 heterocycles. The number of imidazole rings is 1. The zero-order valence-electron chi connectivity index (χ0n) is 8.76. The van der Waals surface area contributed by atoms with Crippen molar-refractivity contribution in [1.82, 2.24) is 14.5 Å². The van der Waals surface area contributed by atoms with Crippen molar-refractivity contribution in [1.29, 1.82) is 0 Å². The molecule has 0 bridgehead atoms. The molecule has 1 aromatic heterocycles. The third kappa shape index (κ3) is 1.58. The first-order valence-corrected chi connectivity index (χ1v) is 5.13. The Morgan fingerprint density at radius 2 is 2.33 bits per heavy atom. The maximum atomic E-state index is 11.2. The standard InChI is InChI=1S/C10H15N3O2/c1-10(12-7-5-11-8-12)4-2-3-6-13(10)9(14)15/h5,7-8H,2-4,6H2,1H3,(H,14,15). The fourth-order valence-corrected chi connectivity index (χ4v) is 2.22. The Morgan fingerprint density at radius 3 is 2.93 bits per heavy atom. The summed E-state index contributed by atoms with van der Waals surface area (Å²) < 4.78 is 1.88. The molecule has 82 valence electrons. The molecule has 0 spiro atoms. The lowest BCUT2D eigenvalue weighted by molar-refractivity contribution is 0.00853. The maximum absolute atomic E-state index is 11.2. The molecule has 5 nitrogen and oxygen atoms in total. The van der Waals surface area contributed by atoms with Crippen molar-refractivity contribution in [3.05, 3.63) is 18.7 Å². The van der Waals surface area contributed by atoms with Crippen LogP contribution in [0.3, 0.4) is 0 Å². The molecule has 1 fully saturated rings. The molecule has 1 atom stereocenters. The topological polar surface area (TPSA) is 58.4 Å². The van der Waals surface area contributed by atoms with Gasteiger partial charge in [-0.1, -0.05) is 0 Å². The van der Waals surface area contributed by atoms with Crippen molar-refractivity contribution < 1.29 is 9.90 Å². The van der Waals surface area contributed by atoms with Gasteiger partial charge < -0.3 is 9.67 Å². The van der Waals surface area contributed by atoms with E-state index in [0.29, 0.717) is 6.54 Å². The van der Waals surface area contributed by atoms with Gasteiger partial charge in [0.25, 0.3) is 0 Å². The third-order valence-corrected chi connectivity index (χ3v) is 3.16. The number of carboxylic acid groups (broad SMARTS) is 1. The summed E-state index contributed by atoms with van der Waals surface area (Å²) in [5.74, 6) is 0. The fourth-order valence-electron chi connectivity index (χ4n) is 2.22. The number of hydrogen-bond acceptors (Lipinski definition) is 2. The lowest BCUT2D eigenvalue weighted by atomic mass is 9.97. The molecule has 1 unspecified atom stereocenters. The van der Waals surface area contributed by atoms with Gasteiger partial charge in [0.15, 0.2) is 0 Å². The molecule has 0 radical (unpaired) electrons. The number of hydrogen-bond donors (Lipinski definition) is 1. The monoisotopic (exact) mass is 209 g/mol. The van der Waals surface area contributed by atoms with Crippen LogP contribution < -0.4 is 0 Å². The van der Waals surface area contributed by atoms with Gasteiger partial charge in [-0.25, -0.2) is 9.78 Å². The molecule has 1 amide bonds. The first kappa shape index (κ1) is 10.0. The fraction of sp³-hybridized carbons (Fsp3) is 0.600. The van der Waals surface area contributed by atoms with Crippen molar-refractivity contribution in [3.63, 3.8) is 0 Å². The summed E-state index contributed by atoms with van der Waals surface area (Å²) in [5, 5.41) is 9.16. The van der Waals surface area contributed by atoms with Crippen LogP contribution in [0.5, 0.6) is 0 Å². The maximum Gasteiger partial charge on any atom is 0.409 e. The van der Waals surface area contributed by atoms with Gasteiger partial charge in [0.1, 0.15) is 5.66 Å². The van der Waals surface area contributed by atoms with Crippen LogP contribution in [0.2, 0.25) is 0 Å². The number of aromatic nitrogens is 2. The minimum atomic E-state index is -0.856. The highest BCUT2D eigenvalue weighted by Gasteiger charge is 2.38. The van der Waals surface area contributed by atoms with E-state index in [1.54, 1.807) is 12.5 Å². The van der Waals surface area contributed by atoms with E-state index in [4.69, 9.17) is 5.11 Å². The van der Waals surface area contributed by atoms with E-state index in [0.717, 1.165) is 19.3 Å². The predicted molar refractivity (Wildman–Crippen MR) is 54.5 cm³/mol. The van der Waals surface area contributed by atoms with Gasteiger partial charge in [-0.2, -0.15) is 0 Å². The van der Waals surface area contributed by atoms with E-state index >= 15 is 0 Å². The van der Waals surface area contributed by atoms with Crippen molar-refractivity contribution in [2.24, 2.45) is 0 Å². The zero-order valence-corrected chi connectivity index (χ0v) is 8.76. The first-order chi connectivity index (χ1) is 7.14. The van der Waals surface area contributed by atoms with Crippen LogP contribution in [0.25, 0.3) is 0 Å². The minimum absolute atomic E-state index is 0.472. The molecule has 2 rings (SSSR count). The van der Waals surface area contributed by atoms with Gasteiger partial charge in [-0.3, -0.25) is 4.90 Å². The second-order valence-corrected chi connectivity index (χ2v) is 4.08. The summed E-state index contributed by atoms with van der Waals surface area (Å²) in [6.07, 6.45) is 7.17. The van der Waals surface area contributed by atoms with E-state index < -0.39 is 11.8 Å². The van der Waals surface area contributed by atoms with Crippen LogP contribution >= 0.6 is 0 Å². The highest BCUT2D eigenvalue weighted by atomic mass is 16.4. The number of likely N-dealkylation sites (tertiary alicyclic amines) is 1. The molecule has 0 saturated carbocycles. The Bertz CT molecular complexity index is 350. The average Bonchev–Trinajstić information content (AvgIpc) is 2.71. The number of nitrogens with zero attached hydrogens (tertiary/aromatic N) is 3. The number of rotatable bonds is 1. The highest BCUT2D eigenvalue weighted by Crippen LogP contribution is 2.32. The van der Waals surface area contributed by atoms with E-state index in [1.807, 2.05) is 17.7 Å². The summed E-state index contributed by atoms with van der Waals surface area (Å²) in [6.45, 7) is 2.55. The van der Waals surface area contributed by atoms with Gasteiger partial charge in [-0.05, 0) is 26.2 Å². The van der Waals surface area contributed by atoms with Crippen LogP contribution in [0.15, 0.2) is 18.7 Å². The largest absolute Gasteiger partial charge is 0.465 e. The quantitative estimate of drug-likeness (QED) is 0.766. The summed E-state index contributed by atoms with van der Waals surface area (Å²) in [4.78, 5) is 16.6. The van der Waals surface area contributed by atoms with Gasteiger partial charge in [0.05, 0.1) is 6.33 Å². The molecular formula is C10H15N3O2. The zero-order chi connectivity index (χ0) is 10.9. The summed E-state index contributed by atoms with van der Waals surface area (Å²) in [5.41, 5.74) is -0.472.